The minimum absolute atomic E-state index is 0.0844. The summed E-state index contributed by atoms with van der Waals surface area (Å²) in [5.74, 6) is 1.89. The summed E-state index contributed by atoms with van der Waals surface area (Å²) in [6.07, 6.45) is 4.91. The van der Waals surface area contributed by atoms with E-state index in [0.717, 1.165) is 38.0 Å². The third-order valence-electron chi connectivity index (χ3n) is 4.69. The van der Waals surface area contributed by atoms with Crippen LogP contribution in [0.2, 0.25) is 0 Å². The van der Waals surface area contributed by atoms with Crippen molar-refractivity contribution < 1.29 is 4.79 Å². The maximum atomic E-state index is 12.5. The molecule has 0 radical (unpaired) electrons. The number of rotatable bonds is 2. The van der Waals surface area contributed by atoms with E-state index in [0.29, 0.717) is 5.91 Å². The van der Waals surface area contributed by atoms with Gasteiger partial charge in [-0.3, -0.25) is 9.69 Å². The molecule has 2 rings (SSSR count). The Kier molecular flexibility index (Phi) is 4.66. The molecule has 3 heteroatoms. The van der Waals surface area contributed by atoms with E-state index in [2.05, 4.69) is 30.6 Å². The number of hydrogen-bond donors (Lipinski definition) is 0. The van der Waals surface area contributed by atoms with E-state index < -0.39 is 0 Å². The van der Waals surface area contributed by atoms with E-state index in [1.54, 1.807) is 0 Å². The second kappa shape index (κ2) is 6.05. The van der Waals surface area contributed by atoms with Crippen molar-refractivity contribution >= 4 is 5.91 Å². The predicted octanol–water partition coefficient (Wildman–Crippen LogP) is 2.37. The third kappa shape index (κ3) is 3.25. The number of nitrogens with zero attached hydrogens (tertiary/aromatic N) is 2. The maximum absolute atomic E-state index is 12.5. The van der Waals surface area contributed by atoms with Gasteiger partial charge in [0.05, 0.1) is 6.04 Å². The van der Waals surface area contributed by atoms with Crippen LogP contribution in [-0.2, 0) is 4.79 Å². The fourth-order valence-electron chi connectivity index (χ4n) is 3.23. The molecule has 2 saturated heterocycles. The van der Waals surface area contributed by atoms with E-state index in [-0.39, 0.29) is 6.04 Å². The minimum atomic E-state index is 0.0844. The van der Waals surface area contributed by atoms with Gasteiger partial charge in [-0.25, -0.2) is 0 Å². The number of amides is 1. The molecule has 0 saturated carbocycles. The molecular formula is C15H28N2O. The van der Waals surface area contributed by atoms with Crippen molar-refractivity contribution in [3.63, 3.8) is 0 Å². The lowest BCUT2D eigenvalue weighted by Crippen LogP contribution is -2.51. The van der Waals surface area contributed by atoms with Gasteiger partial charge in [-0.1, -0.05) is 13.8 Å². The third-order valence-corrected chi connectivity index (χ3v) is 4.69. The number of likely N-dealkylation sites (tertiary alicyclic amines) is 2. The van der Waals surface area contributed by atoms with Crippen molar-refractivity contribution in [2.45, 2.75) is 52.5 Å². The van der Waals surface area contributed by atoms with E-state index >= 15 is 0 Å². The highest BCUT2D eigenvalue weighted by Crippen LogP contribution is 2.21. The van der Waals surface area contributed by atoms with Gasteiger partial charge < -0.3 is 4.90 Å². The molecule has 2 aliphatic heterocycles. The van der Waals surface area contributed by atoms with Gasteiger partial charge in [-0.05, 0) is 51.0 Å². The van der Waals surface area contributed by atoms with Crippen LogP contribution in [0.5, 0.6) is 0 Å². The van der Waals surface area contributed by atoms with Gasteiger partial charge in [0, 0.05) is 19.6 Å². The van der Waals surface area contributed by atoms with Crippen LogP contribution in [-0.4, -0.2) is 47.9 Å². The van der Waals surface area contributed by atoms with Crippen molar-refractivity contribution in [3.8, 4) is 0 Å². The van der Waals surface area contributed by atoms with Gasteiger partial charge in [0.25, 0.3) is 0 Å². The average Bonchev–Trinajstić information content (AvgIpc) is 2.38. The summed E-state index contributed by atoms with van der Waals surface area (Å²) in [4.78, 5) is 17.0. The molecule has 2 heterocycles. The first kappa shape index (κ1) is 13.9. The minimum Gasteiger partial charge on any atom is -0.341 e. The van der Waals surface area contributed by atoms with Gasteiger partial charge in [-0.15, -0.1) is 0 Å². The quantitative estimate of drug-likeness (QED) is 0.753. The van der Waals surface area contributed by atoms with Gasteiger partial charge in [0.2, 0.25) is 5.91 Å². The molecule has 1 amide bonds. The molecule has 0 N–H and O–H groups in total. The predicted molar refractivity (Wildman–Crippen MR) is 74.4 cm³/mol. The van der Waals surface area contributed by atoms with Crippen LogP contribution in [0.4, 0.5) is 0 Å². The first-order valence-corrected chi connectivity index (χ1v) is 7.60. The largest absolute Gasteiger partial charge is 0.341 e. The molecule has 0 aromatic carbocycles. The highest BCUT2D eigenvalue weighted by molar-refractivity contribution is 5.81. The lowest BCUT2D eigenvalue weighted by Gasteiger charge is -2.38. The number of hydrogen-bond acceptors (Lipinski definition) is 2. The molecule has 0 aromatic heterocycles. The van der Waals surface area contributed by atoms with Crippen LogP contribution >= 0.6 is 0 Å². The summed E-state index contributed by atoms with van der Waals surface area (Å²) in [6, 6.07) is 0.0844. The molecule has 18 heavy (non-hydrogen) atoms. The molecule has 0 aliphatic carbocycles. The Labute approximate surface area is 112 Å². The Hall–Kier alpha value is -0.570. The molecule has 0 bridgehead atoms. The van der Waals surface area contributed by atoms with Crippen LogP contribution < -0.4 is 0 Å². The second-order valence-corrected chi connectivity index (χ2v) is 6.43. The van der Waals surface area contributed by atoms with Gasteiger partial charge in [0.1, 0.15) is 0 Å². The van der Waals surface area contributed by atoms with Crippen molar-refractivity contribution in [1.82, 2.24) is 9.80 Å². The van der Waals surface area contributed by atoms with Gasteiger partial charge >= 0.3 is 0 Å². The van der Waals surface area contributed by atoms with Crippen LogP contribution in [0.1, 0.15) is 46.5 Å². The second-order valence-electron chi connectivity index (χ2n) is 6.43. The van der Waals surface area contributed by atoms with Gasteiger partial charge in [-0.2, -0.15) is 0 Å². The standard InChI is InChI=1S/C15H28N2O/c1-12-6-9-16(10-7-12)15(18)14(3)17-8-4-5-13(2)11-17/h12-14H,4-11H2,1-3H3. The summed E-state index contributed by atoms with van der Waals surface area (Å²) in [7, 11) is 0. The van der Waals surface area contributed by atoms with Crippen molar-refractivity contribution in [3.05, 3.63) is 0 Å². The fourth-order valence-corrected chi connectivity index (χ4v) is 3.23. The zero-order chi connectivity index (χ0) is 13.1. The van der Waals surface area contributed by atoms with E-state index in [4.69, 9.17) is 0 Å². The first-order valence-electron chi connectivity index (χ1n) is 7.60. The normalized spacial score (nSPS) is 29.3. The molecule has 0 spiro atoms. The summed E-state index contributed by atoms with van der Waals surface area (Å²) in [5.41, 5.74) is 0. The van der Waals surface area contributed by atoms with Crippen LogP contribution in [0.25, 0.3) is 0 Å². The molecule has 2 unspecified atom stereocenters. The summed E-state index contributed by atoms with van der Waals surface area (Å²) in [5, 5.41) is 0. The SMILES string of the molecule is CC1CCN(C(=O)C(C)N2CCCC(C)C2)CC1. The first-order chi connectivity index (χ1) is 8.58. The molecular weight excluding hydrogens is 224 g/mol. The van der Waals surface area contributed by atoms with Crippen molar-refractivity contribution in [2.75, 3.05) is 26.2 Å². The maximum Gasteiger partial charge on any atom is 0.239 e. The number of piperidine rings is 2. The van der Waals surface area contributed by atoms with Crippen LogP contribution in [0, 0.1) is 11.8 Å². The summed E-state index contributed by atoms with van der Waals surface area (Å²) >= 11 is 0. The van der Waals surface area contributed by atoms with E-state index in [9.17, 15) is 4.79 Å². The lowest BCUT2D eigenvalue weighted by atomic mass is 9.97. The fraction of sp³-hybridized carbons (Fsp3) is 0.933. The smallest absolute Gasteiger partial charge is 0.239 e. The van der Waals surface area contributed by atoms with Crippen LogP contribution in [0.3, 0.4) is 0 Å². The topological polar surface area (TPSA) is 23.6 Å². The summed E-state index contributed by atoms with van der Waals surface area (Å²) < 4.78 is 0. The lowest BCUT2D eigenvalue weighted by molar-refractivity contribution is -0.138. The highest BCUT2D eigenvalue weighted by Gasteiger charge is 2.30. The Bertz CT molecular complexity index is 284. The highest BCUT2D eigenvalue weighted by atomic mass is 16.2. The molecule has 2 atom stereocenters. The molecule has 104 valence electrons. The molecule has 3 nitrogen and oxygen atoms in total. The zero-order valence-electron chi connectivity index (χ0n) is 12.2. The Morgan fingerprint density at radius 2 is 1.72 bits per heavy atom. The van der Waals surface area contributed by atoms with Crippen LogP contribution in [0.15, 0.2) is 0 Å². The zero-order valence-corrected chi connectivity index (χ0v) is 12.2. The summed E-state index contributed by atoms with van der Waals surface area (Å²) in [6.45, 7) is 10.8. The van der Waals surface area contributed by atoms with E-state index in [1.165, 1.54) is 25.7 Å². The van der Waals surface area contributed by atoms with Crippen molar-refractivity contribution in [2.24, 2.45) is 11.8 Å². The Balaban J connectivity index is 1.87. The van der Waals surface area contributed by atoms with Crippen molar-refractivity contribution in [1.29, 1.82) is 0 Å². The molecule has 2 fully saturated rings. The molecule has 2 aliphatic rings. The molecule has 0 aromatic rings. The van der Waals surface area contributed by atoms with E-state index in [1.807, 2.05) is 0 Å². The Morgan fingerprint density at radius 3 is 2.33 bits per heavy atom. The number of carbonyl (C=O) groups excluding carboxylic acids is 1. The monoisotopic (exact) mass is 252 g/mol. The average molecular weight is 252 g/mol. The Morgan fingerprint density at radius 1 is 1.06 bits per heavy atom. The number of carbonyl (C=O) groups is 1. The van der Waals surface area contributed by atoms with Gasteiger partial charge in [0.15, 0.2) is 0 Å².